The molecular formula is C13H20ClN7. The van der Waals surface area contributed by atoms with E-state index in [1.807, 2.05) is 21.8 Å². The average Bonchev–Trinajstić information content (AvgIpc) is 2.98. The van der Waals surface area contributed by atoms with Crippen LogP contribution in [0.4, 0.5) is 11.9 Å². The second-order valence-corrected chi connectivity index (χ2v) is 4.79. The lowest BCUT2D eigenvalue weighted by molar-refractivity contribution is 0.591. The van der Waals surface area contributed by atoms with Crippen molar-refractivity contribution in [1.82, 2.24) is 24.7 Å². The van der Waals surface area contributed by atoms with Crippen molar-refractivity contribution >= 4 is 23.5 Å². The number of aryl methyl sites for hydroxylation is 1. The van der Waals surface area contributed by atoms with Gasteiger partial charge in [0.25, 0.3) is 0 Å². The summed E-state index contributed by atoms with van der Waals surface area (Å²) >= 11 is 5.96. The van der Waals surface area contributed by atoms with Crippen LogP contribution in [-0.2, 0) is 6.54 Å². The zero-order chi connectivity index (χ0) is 15.1. The lowest BCUT2D eigenvalue weighted by Crippen LogP contribution is -2.25. The van der Waals surface area contributed by atoms with Gasteiger partial charge in [0.2, 0.25) is 17.2 Å². The van der Waals surface area contributed by atoms with Gasteiger partial charge >= 0.3 is 0 Å². The van der Waals surface area contributed by atoms with Gasteiger partial charge in [-0.2, -0.15) is 20.1 Å². The maximum Gasteiger partial charge on any atom is 0.231 e. The zero-order valence-electron chi connectivity index (χ0n) is 12.3. The molecule has 2 rings (SSSR count). The topological polar surface area (TPSA) is 71.8 Å². The summed E-state index contributed by atoms with van der Waals surface area (Å²) in [6.45, 7) is 7.36. The Labute approximate surface area is 129 Å². The minimum Gasteiger partial charge on any atom is -0.354 e. The van der Waals surface area contributed by atoms with Gasteiger partial charge in [0.15, 0.2) is 0 Å². The van der Waals surface area contributed by atoms with E-state index in [-0.39, 0.29) is 5.28 Å². The van der Waals surface area contributed by atoms with Crippen molar-refractivity contribution in [3.05, 3.63) is 23.7 Å². The molecule has 0 aliphatic rings. The monoisotopic (exact) mass is 309 g/mol. The molecule has 0 unspecified atom stereocenters. The van der Waals surface area contributed by atoms with Gasteiger partial charge < -0.3 is 10.2 Å². The summed E-state index contributed by atoms with van der Waals surface area (Å²) in [6.07, 6.45) is 4.64. The number of aromatic nitrogens is 5. The molecule has 7 nitrogen and oxygen atoms in total. The van der Waals surface area contributed by atoms with Crippen molar-refractivity contribution in [1.29, 1.82) is 0 Å². The Hall–Kier alpha value is -1.89. The van der Waals surface area contributed by atoms with Crippen molar-refractivity contribution in [2.24, 2.45) is 0 Å². The Balaban J connectivity index is 1.90. The molecule has 2 aromatic rings. The number of rotatable bonds is 8. The molecule has 0 aliphatic carbocycles. The molecule has 0 amide bonds. The predicted molar refractivity (Wildman–Crippen MR) is 83.7 cm³/mol. The largest absolute Gasteiger partial charge is 0.354 e. The molecule has 0 bridgehead atoms. The van der Waals surface area contributed by atoms with E-state index in [1.54, 1.807) is 6.20 Å². The summed E-state index contributed by atoms with van der Waals surface area (Å²) in [5.74, 6) is 1.12. The molecular weight excluding hydrogens is 290 g/mol. The molecule has 114 valence electrons. The quantitative estimate of drug-likeness (QED) is 0.753. The lowest BCUT2D eigenvalue weighted by Gasteiger charge is -2.18. The highest BCUT2D eigenvalue weighted by molar-refractivity contribution is 6.28. The van der Waals surface area contributed by atoms with Gasteiger partial charge in [0.05, 0.1) is 0 Å². The molecule has 8 heteroatoms. The van der Waals surface area contributed by atoms with Crippen LogP contribution in [0.1, 0.15) is 20.3 Å². The number of hydrogen-bond acceptors (Lipinski definition) is 6. The van der Waals surface area contributed by atoms with E-state index in [2.05, 4.69) is 39.2 Å². The van der Waals surface area contributed by atoms with Gasteiger partial charge in [-0.25, -0.2) is 0 Å². The van der Waals surface area contributed by atoms with Crippen LogP contribution in [0.5, 0.6) is 0 Å². The SMILES string of the molecule is CCN(CC)c1nc(Cl)nc(NCCCn2cccn2)n1. The third-order valence-corrected chi connectivity index (χ3v) is 3.22. The molecule has 21 heavy (non-hydrogen) atoms. The Morgan fingerprint density at radius 3 is 2.71 bits per heavy atom. The average molecular weight is 310 g/mol. The third-order valence-electron chi connectivity index (χ3n) is 3.05. The number of nitrogens with one attached hydrogen (secondary N) is 1. The van der Waals surface area contributed by atoms with Crippen LogP contribution in [0.15, 0.2) is 18.5 Å². The molecule has 0 radical (unpaired) electrons. The van der Waals surface area contributed by atoms with E-state index in [0.717, 1.165) is 32.6 Å². The predicted octanol–water partition coefficient (Wildman–Crippen LogP) is 2.07. The van der Waals surface area contributed by atoms with Gasteiger partial charge in [-0.05, 0) is 37.9 Å². The highest BCUT2D eigenvalue weighted by Gasteiger charge is 2.09. The van der Waals surface area contributed by atoms with Crippen LogP contribution in [0.2, 0.25) is 5.28 Å². The first kappa shape index (κ1) is 15.5. The van der Waals surface area contributed by atoms with Crippen LogP contribution in [0.3, 0.4) is 0 Å². The highest BCUT2D eigenvalue weighted by atomic mass is 35.5. The van der Waals surface area contributed by atoms with Gasteiger partial charge in [0, 0.05) is 38.6 Å². The van der Waals surface area contributed by atoms with Crippen LogP contribution in [0, 0.1) is 0 Å². The van der Waals surface area contributed by atoms with Crippen molar-refractivity contribution in [2.75, 3.05) is 29.9 Å². The summed E-state index contributed by atoms with van der Waals surface area (Å²) in [5, 5.41) is 7.54. The minimum absolute atomic E-state index is 0.210. The van der Waals surface area contributed by atoms with Gasteiger partial charge in [-0.15, -0.1) is 0 Å². The molecule has 0 fully saturated rings. The van der Waals surface area contributed by atoms with Crippen molar-refractivity contribution < 1.29 is 0 Å². The first-order valence-electron chi connectivity index (χ1n) is 7.10. The first-order valence-corrected chi connectivity index (χ1v) is 7.48. The molecule has 2 heterocycles. The Morgan fingerprint density at radius 1 is 1.24 bits per heavy atom. The summed E-state index contributed by atoms with van der Waals surface area (Å²) in [7, 11) is 0. The fraction of sp³-hybridized carbons (Fsp3) is 0.538. The van der Waals surface area contributed by atoms with Gasteiger partial charge in [0.1, 0.15) is 0 Å². The smallest absolute Gasteiger partial charge is 0.231 e. The van der Waals surface area contributed by atoms with Crippen LogP contribution in [0.25, 0.3) is 0 Å². The highest BCUT2D eigenvalue weighted by Crippen LogP contribution is 2.13. The van der Waals surface area contributed by atoms with Crippen LogP contribution in [-0.4, -0.2) is 44.4 Å². The summed E-state index contributed by atoms with van der Waals surface area (Å²) in [5.41, 5.74) is 0. The Bertz CT molecular complexity index is 539. The van der Waals surface area contributed by atoms with E-state index in [9.17, 15) is 0 Å². The van der Waals surface area contributed by atoms with Gasteiger partial charge in [-0.3, -0.25) is 4.68 Å². The fourth-order valence-electron chi connectivity index (χ4n) is 1.94. The maximum atomic E-state index is 5.96. The molecule has 0 saturated heterocycles. The number of anilines is 2. The Kier molecular flexibility index (Phi) is 5.74. The van der Waals surface area contributed by atoms with Crippen molar-refractivity contribution in [3.63, 3.8) is 0 Å². The fourth-order valence-corrected chi connectivity index (χ4v) is 2.10. The number of halogens is 1. The van der Waals surface area contributed by atoms with Gasteiger partial charge in [-0.1, -0.05) is 0 Å². The minimum atomic E-state index is 0.210. The molecule has 0 aromatic carbocycles. The normalized spacial score (nSPS) is 10.6. The van der Waals surface area contributed by atoms with E-state index >= 15 is 0 Å². The third kappa shape index (κ3) is 4.56. The van der Waals surface area contributed by atoms with Crippen molar-refractivity contribution in [2.45, 2.75) is 26.8 Å². The molecule has 2 aromatic heterocycles. The molecule has 0 saturated carbocycles. The summed E-state index contributed by atoms with van der Waals surface area (Å²) in [6, 6.07) is 1.91. The molecule has 0 aliphatic heterocycles. The van der Waals surface area contributed by atoms with E-state index in [1.165, 1.54) is 0 Å². The first-order chi connectivity index (χ1) is 10.2. The zero-order valence-corrected chi connectivity index (χ0v) is 13.1. The van der Waals surface area contributed by atoms with E-state index < -0.39 is 0 Å². The summed E-state index contributed by atoms with van der Waals surface area (Å²) < 4.78 is 1.89. The number of hydrogen-bond donors (Lipinski definition) is 1. The van der Waals surface area contributed by atoms with E-state index in [4.69, 9.17) is 11.6 Å². The van der Waals surface area contributed by atoms with Crippen LogP contribution < -0.4 is 10.2 Å². The van der Waals surface area contributed by atoms with Crippen LogP contribution >= 0.6 is 11.6 Å². The summed E-state index contributed by atoms with van der Waals surface area (Å²) in [4.78, 5) is 14.7. The van der Waals surface area contributed by atoms with Crippen molar-refractivity contribution in [3.8, 4) is 0 Å². The Morgan fingerprint density at radius 2 is 2.05 bits per heavy atom. The molecule has 0 atom stereocenters. The standard InChI is InChI=1S/C13H20ClN7/c1-3-20(4-2)13-18-11(14)17-12(19-13)15-7-5-9-21-10-6-8-16-21/h6,8,10H,3-5,7,9H2,1-2H3,(H,15,17,18,19). The second kappa shape index (κ2) is 7.78. The number of nitrogens with zero attached hydrogens (tertiary/aromatic N) is 6. The second-order valence-electron chi connectivity index (χ2n) is 4.45. The lowest BCUT2D eigenvalue weighted by atomic mass is 10.4. The molecule has 0 spiro atoms. The maximum absolute atomic E-state index is 5.96. The molecule has 1 N–H and O–H groups in total. The van der Waals surface area contributed by atoms with E-state index in [0.29, 0.717) is 11.9 Å².